The molecule has 5 atom stereocenters. The van der Waals surface area contributed by atoms with E-state index in [1.54, 1.807) is 0 Å². The molecule has 3 unspecified atom stereocenters. The summed E-state index contributed by atoms with van der Waals surface area (Å²) in [4.78, 5) is 12.5. The van der Waals surface area contributed by atoms with Gasteiger partial charge in [0.25, 0.3) is 0 Å². The van der Waals surface area contributed by atoms with Gasteiger partial charge in [0, 0.05) is 17.7 Å². The second-order valence-electron chi connectivity index (χ2n) is 7.44. The molecule has 2 aromatic carbocycles. The maximum Gasteiger partial charge on any atom is 0.238 e. The van der Waals surface area contributed by atoms with Crippen LogP contribution in [-0.4, -0.2) is 78.2 Å². The van der Waals surface area contributed by atoms with Crippen LogP contribution in [0.5, 0.6) is 28.7 Å². The molecule has 4 rings (SSSR count). The number of hydrogen-bond acceptors (Lipinski definition) is 12. The predicted molar refractivity (Wildman–Crippen MR) is 109 cm³/mol. The number of hydrogen-bond donors (Lipinski definition) is 8. The molecule has 1 fully saturated rings. The average Bonchev–Trinajstić information content (AvgIpc) is 2.77. The molecule has 1 aliphatic heterocycles. The molecule has 1 aliphatic rings. The van der Waals surface area contributed by atoms with Gasteiger partial charge in [0.05, 0.1) is 6.61 Å². The fourth-order valence-electron chi connectivity index (χ4n) is 3.51. The van der Waals surface area contributed by atoms with Crippen LogP contribution in [0.25, 0.3) is 22.3 Å². The Morgan fingerprint density at radius 2 is 1.64 bits per heavy atom. The van der Waals surface area contributed by atoms with E-state index in [-0.39, 0.29) is 28.0 Å². The molecule has 1 aromatic heterocycles. The number of fused-ring (bicyclic) bond motifs is 1. The summed E-state index contributed by atoms with van der Waals surface area (Å²) in [5.74, 6) is -3.01. The first-order valence-corrected chi connectivity index (χ1v) is 9.64. The Hall–Kier alpha value is -3.55. The summed E-state index contributed by atoms with van der Waals surface area (Å²) < 4.78 is 16.2. The highest BCUT2D eigenvalue weighted by Gasteiger charge is 2.45. The van der Waals surface area contributed by atoms with E-state index in [0.717, 1.165) is 24.3 Å². The molecule has 0 saturated carbocycles. The van der Waals surface area contributed by atoms with Crippen LogP contribution in [0.3, 0.4) is 0 Å². The van der Waals surface area contributed by atoms with E-state index >= 15 is 0 Å². The van der Waals surface area contributed by atoms with Crippen molar-refractivity contribution in [2.45, 2.75) is 30.7 Å². The Morgan fingerprint density at radius 3 is 2.33 bits per heavy atom. The van der Waals surface area contributed by atoms with Crippen molar-refractivity contribution in [2.24, 2.45) is 0 Å². The summed E-state index contributed by atoms with van der Waals surface area (Å²) >= 11 is 0. The largest absolute Gasteiger partial charge is 0.508 e. The summed E-state index contributed by atoms with van der Waals surface area (Å²) in [6.45, 7) is -0.688. The standard InChI is InChI=1S/C21H20O12/c22-6-13-15(26)17(28)19(30)21(33-13)32-11-3-7(1-2-9(11)24)20-18(29)16(27)14-10(25)4-8(23)5-12(14)31-20/h1-5,13,15,17,19,21-26,28-30H,6H2/t13?,15-,17?,19?,21-/m1/s1. The second kappa shape index (κ2) is 8.42. The molecule has 12 nitrogen and oxygen atoms in total. The van der Waals surface area contributed by atoms with E-state index in [1.807, 2.05) is 0 Å². The molecule has 0 spiro atoms. The predicted octanol–water partition coefficient (Wildman–Crippen LogP) is -0.539. The highest BCUT2D eigenvalue weighted by Crippen LogP contribution is 2.39. The molecule has 2 heterocycles. The van der Waals surface area contributed by atoms with Gasteiger partial charge in [-0.15, -0.1) is 0 Å². The van der Waals surface area contributed by atoms with Gasteiger partial charge in [-0.25, -0.2) is 0 Å². The third kappa shape index (κ3) is 3.90. The smallest absolute Gasteiger partial charge is 0.238 e. The van der Waals surface area contributed by atoms with Gasteiger partial charge in [0.1, 0.15) is 46.9 Å². The maximum atomic E-state index is 12.5. The molecule has 3 aromatic rings. The Balaban J connectivity index is 1.75. The zero-order chi connectivity index (χ0) is 24.0. The van der Waals surface area contributed by atoms with E-state index in [0.29, 0.717) is 0 Å². The van der Waals surface area contributed by atoms with Crippen molar-refractivity contribution in [1.82, 2.24) is 0 Å². The molecule has 1 saturated heterocycles. The number of phenolic OH excluding ortho intramolecular Hbond substituents is 3. The maximum absolute atomic E-state index is 12.5. The topological polar surface area (TPSA) is 211 Å². The van der Waals surface area contributed by atoms with Crippen molar-refractivity contribution >= 4 is 11.0 Å². The van der Waals surface area contributed by atoms with Crippen LogP contribution in [0, 0.1) is 0 Å². The van der Waals surface area contributed by atoms with E-state index < -0.39 is 65.7 Å². The summed E-state index contributed by atoms with van der Waals surface area (Å²) in [7, 11) is 0. The monoisotopic (exact) mass is 464 g/mol. The first kappa shape index (κ1) is 22.6. The molecule has 0 bridgehead atoms. The number of aromatic hydroxyl groups is 4. The third-order valence-corrected chi connectivity index (χ3v) is 5.25. The third-order valence-electron chi connectivity index (χ3n) is 5.25. The van der Waals surface area contributed by atoms with Gasteiger partial charge in [0.2, 0.25) is 17.5 Å². The lowest BCUT2D eigenvalue weighted by Crippen LogP contribution is -2.60. The zero-order valence-electron chi connectivity index (χ0n) is 16.7. The lowest BCUT2D eigenvalue weighted by atomic mass is 9.99. The van der Waals surface area contributed by atoms with Crippen molar-refractivity contribution in [3.63, 3.8) is 0 Å². The highest BCUT2D eigenvalue weighted by atomic mass is 16.7. The lowest BCUT2D eigenvalue weighted by molar-refractivity contribution is -0.277. The number of aliphatic hydroxyl groups is 4. The number of aliphatic hydroxyl groups excluding tert-OH is 4. The molecule has 0 amide bonds. The first-order chi connectivity index (χ1) is 15.6. The van der Waals surface area contributed by atoms with E-state index in [1.165, 1.54) is 6.07 Å². The zero-order valence-corrected chi connectivity index (χ0v) is 16.7. The number of rotatable bonds is 4. The minimum absolute atomic E-state index is 0.0201. The number of ether oxygens (including phenoxy) is 2. The second-order valence-corrected chi connectivity index (χ2v) is 7.44. The molecule has 12 heteroatoms. The summed E-state index contributed by atoms with van der Waals surface area (Å²) in [6.07, 6.45) is -7.92. The van der Waals surface area contributed by atoms with Crippen molar-refractivity contribution in [2.75, 3.05) is 6.61 Å². The molecule has 8 N–H and O–H groups in total. The quantitative estimate of drug-likeness (QED) is 0.245. The van der Waals surface area contributed by atoms with Gasteiger partial charge in [-0.05, 0) is 18.2 Å². The number of phenols is 3. The van der Waals surface area contributed by atoms with Gasteiger partial charge in [-0.3, -0.25) is 4.79 Å². The van der Waals surface area contributed by atoms with Crippen LogP contribution in [0.15, 0.2) is 39.5 Å². The Morgan fingerprint density at radius 1 is 0.909 bits per heavy atom. The fraction of sp³-hybridized carbons (Fsp3) is 0.286. The fourth-order valence-corrected chi connectivity index (χ4v) is 3.51. The Kier molecular flexibility index (Phi) is 5.78. The van der Waals surface area contributed by atoms with E-state index in [2.05, 4.69) is 0 Å². The van der Waals surface area contributed by atoms with Gasteiger partial charge in [-0.1, -0.05) is 0 Å². The summed E-state index contributed by atoms with van der Waals surface area (Å²) in [5.41, 5.74) is -1.19. The average molecular weight is 464 g/mol. The van der Waals surface area contributed by atoms with Crippen LogP contribution in [0.4, 0.5) is 0 Å². The van der Waals surface area contributed by atoms with Crippen molar-refractivity contribution < 1.29 is 54.7 Å². The normalized spacial score (nSPS) is 25.3. The Labute approximate surface area is 184 Å². The first-order valence-electron chi connectivity index (χ1n) is 9.64. The van der Waals surface area contributed by atoms with E-state index in [4.69, 9.17) is 13.9 Å². The summed E-state index contributed by atoms with van der Waals surface area (Å²) in [5, 5.41) is 78.9. The molecule has 0 aliphatic carbocycles. The van der Waals surface area contributed by atoms with E-state index in [9.17, 15) is 45.6 Å². The highest BCUT2D eigenvalue weighted by molar-refractivity contribution is 5.88. The Bertz CT molecular complexity index is 1250. The van der Waals surface area contributed by atoms with Crippen LogP contribution in [-0.2, 0) is 4.74 Å². The van der Waals surface area contributed by atoms with Crippen molar-refractivity contribution in [3.8, 4) is 40.1 Å². The minimum Gasteiger partial charge on any atom is -0.508 e. The minimum atomic E-state index is -1.75. The van der Waals surface area contributed by atoms with Crippen molar-refractivity contribution in [1.29, 1.82) is 0 Å². The summed E-state index contributed by atoms with van der Waals surface area (Å²) in [6, 6.07) is 5.49. The molecule has 33 heavy (non-hydrogen) atoms. The molecule has 0 radical (unpaired) electrons. The SMILES string of the molecule is O=c1c(O)c(-c2ccc(O)c(O[C@@H]3OC(CO)[C@@H](O)C(O)C3O)c2)oc2cc(O)cc(O)c12. The van der Waals surface area contributed by atoms with Gasteiger partial charge >= 0.3 is 0 Å². The molecule has 176 valence electrons. The van der Waals surface area contributed by atoms with Crippen LogP contribution < -0.4 is 10.2 Å². The lowest BCUT2D eigenvalue weighted by Gasteiger charge is -2.39. The van der Waals surface area contributed by atoms with Crippen molar-refractivity contribution in [3.05, 3.63) is 40.6 Å². The van der Waals surface area contributed by atoms with Crippen LogP contribution in [0.2, 0.25) is 0 Å². The van der Waals surface area contributed by atoms with Crippen LogP contribution in [0.1, 0.15) is 0 Å². The molecular weight excluding hydrogens is 444 g/mol. The van der Waals surface area contributed by atoms with Crippen LogP contribution >= 0.6 is 0 Å². The number of benzene rings is 2. The van der Waals surface area contributed by atoms with Gasteiger partial charge < -0.3 is 54.7 Å². The van der Waals surface area contributed by atoms with Gasteiger partial charge in [0.15, 0.2) is 17.3 Å². The van der Waals surface area contributed by atoms with Gasteiger partial charge in [-0.2, -0.15) is 0 Å². The molecular formula is C21H20O12.